The van der Waals surface area contributed by atoms with E-state index in [1.165, 1.54) is 12.3 Å². The van der Waals surface area contributed by atoms with Gasteiger partial charge in [0.2, 0.25) is 5.88 Å². The third-order valence-corrected chi connectivity index (χ3v) is 1.78. The lowest BCUT2D eigenvalue weighted by molar-refractivity contribution is 0.449. The van der Waals surface area contributed by atoms with Gasteiger partial charge in [-0.05, 0) is 11.6 Å². The summed E-state index contributed by atoms with van der Waals surface area (Å²) in [6.45, 7) is 0. The minimum Gasteiger partial charge on any atom is -0.493 e. The van der Waals surface area contributed by atoms with Crippen molar-refractivity contribution in [2.24, 2.45) is 0 Å². The Balaban J connectivity index is 2.19. The summed E-state index contributed by atoms with van der Waals surface area (Å²) < 4.78 is 0. The van der Waals surface area contributed by atoms with E-state index in [0.717, 1.165) is 5.56 Å². The number of rotatable bonds is 2. The molecule has 0 atom stereocenters. The Labute approximate surface area is 81.3 Å². The maximum atomic E-state index is 9.12. The summed E-state index contributed by atoms with van der Waals surface area (Å²) in [5.74, 6) is 0.594. The van der Waals surface area contributed by atoms with Crippen molar-refractivity contribution in [3.63, 3.8) is 0 Å². The fraction of sp³-hybridized carbons (Fsp3) is 0.100. The zero-order valence-electron chi connectivity index (χ0n) is 7.46. The van der Waals surface area contributed by atoms with Gasteiger partial charge in [-0.2, -0.15) is 4.98 Å². The summed E-state index contributed by atoms with van der Waals surface area (Å²) in [4.78, 5) is 11.9. The van der Waals surface area contributed by atoms with Gasteiger partial charge in [-0.15, -0.1) is 0 Å². The highest BCUT2D eigenvalue weighted by molar-refractivity contribution is 5.16. The van der Waals surface area contributed by atoms with E-state index in [-0.39, 0.29) is 5.88 Å². The van der Waals surface area contributed by atoms with E-state index in [1.807, 2.05) is 12.1 Å². The van der Waals surface area contributed by atoms with Crippen LogP contribution in [0.2, 0.25) is 0 Å². The molecule has 0 aliphatic carbocycles. The highest BCUT2D eigenvalue weighted by Crippen LogP contribution is 2.06. The molecule has 0 unspecified atom stereocenters. The van der Waals surface area contributed by atoms with Crippen molar-refractivity contribution < 1.29 is 5.11 Å². The lowest BCUT2D eigenvalue weighted by Crippen LogP contribution is -1.95. The summed E-state index contributed by atoms with van der Waals surface area (Å²) in [7, 11) is 0. The van der Waals surface area contributed by atoms with Crippen LogP contribution in [0.25, 0.3) is 0 Å². The zero-order valence-corrected chi connectivity index (χ0v) is 7.46. The fourth-order valence-corrected chi connectivity index (χ4v) is 1.16. The first kappa shape index (κ1) is 8.62. The van der Waals surface area contributed by atoms with Crippen LogP contribution in [0.4, 0.5) is 0 Å². The average molecular weight is 187 g/mol. The lowest BCUT2D eigenvalue weighted by Gasteiger charge is -1.99. The second kappa shape index (κ2) is 3.83. The van der Waals surface area contributed by atoms with Gasteiger partial charge >= 0.3 is 0 Å². The second-order valence-electron chi connectivity index (χ2n) is 2.87. The van der Waals surface area contributed by atoms with Crippen molar-refractivity contribution >= 4 is 0 Å². The minimum atomic E-state index is -0.00103. The van der Waals surface area contributed by atoms with Crippen LogP contribution in [0.5, 0.6) is 5.88 Å². The molecule has 0 aromatic carbocycles. The van der Waals surface area contributed by atoms with Crippen molar-refractivity contribution in [3.8, 4) is 5.88 Å². The number of hydrogen-bond acceptors (Lipinski definition) is 4. The van der Waals surface area contributed by atoms with Crippen LogP contribution in [0.3, 0.4) is 0 Å². The predicted molar refractivity (Wildman–Crippen MR) is 50.7 cm³/mol. The molecule has 2 heterocycles. The smallest absolute Gasteiger partial charge is 0.214 e. The summed E-state index contributed by atoms with van der Waals surface area (Å²) in [6.07, 6.45) is 5.59. The summed E-state index contributed by atoms with van der Waals surface area (Å²) in [5, 5.41) is 9.12. The molecule has 0 radical (unpaired) electrons. The van der Waals surface area contributed by atoms with E-state index >= 15 is 0 Å². The first-order valence-electron chi connectivity index (χ1n) is 4.24. The predicted octanol–water partition coefficient (Wildman–Crippen LogP) is 1.17. The summed E-state index contributed by atoms with van der Waals surface area (Å²) in [6, 6.07) is 5.26. The highest BCUT2D eigenvalue weighted by atomic mass is 16.3. The number of aromatic hydroxyl groups is 1. The Kier molecular flexibility index (Phi) is 2.36. The molecular formula is C10H9N3O. The Morgan fingerprint density at radius 1 is 1.21 bits per heavy atom. The molecular weight excluding hydrogens is 178 g/mol. The number of pyridine rings is 1. The Morgan fingerprint density at radius 2 is 2.14 bits per heavy atom. The largest absolute Gasteiger partial charge is 0.493 e. The Bertz CT molecular complexity index is 417. The van der Waals surface area contributed by atoms with Crippen molar-refractivity contribution in [3.05, 3.63) is 48.2 Å². The fourth-order valence-electron chi connectivity index (χ4n) is 1.16. The number of nitrogens with zero attached hydrogens (tertiary/aromatic N) is 3. The third-order valence-electron chi connectivity index (χ3n) is 1.78. The minimum absolute atomic E-state index is 0.00103. The van der Waals surface area contributed by atoms with Crippen molar-refractivity contribution in [1.82, 2.24) is 15.0 Å². The maximum Gasteiger partial charge on any atom is 0.214 e. The molecule has 0 aliphatic rings. The average Bonchev–Trinajstić information content (AvgIpc) is 2.19. The molecule has 2 aromatic heterocycles. The molecule has 0 aliphatic heterocycles. The summed E-state index contributed by atoms with van der Waals surface area (Å²) >= 11 is 0. The molecule has 1 N–H and O–H groups in total. The molecule has 0 bridgehead atoms. The van der Waals surface area contributed by atoms with E-state index in [2.05, 4.69) is 15.0 Å². The standard InChI is InChI=1S/C10H9N3O/c14-10-3-5-12-9(13-10)6-8-2-1-4-11-7-8/h1-5,7H,6H2,(H,12,13,14). The molecule has 0 fully saturated rings. The summed E-state index contributed by atoms with van der Waals surface area (Å²) in [5.41, 5.74) is 1.03. The first-order valence-corrected chi connectivity index (χ1v) is 4.24. The van der Waals surface area contributed by atoms with E-state index in [1.54, 1.807) is 12.4 Å². The van der Waals surface area contributed by atoms with Crippen LogP contribution in [0.1, 0.15) is 11.4 Å². The Hall–Kier alpha value is -1.97. The molecule has 14 heavy (non-hydrogen) atoms. The lowest BCUT2D eigenvalue weighted by atomic mass is 10.2. The van der Waals surface area contributed by atoms with Gasteiger partial charge in [-0.3, -0.25) is 4.98 Å². The quantitative estimate of drug-likeness (QED) is 0.766. The van der Waals surface area contributed by atoms with Gasteiger partial charge in [-0.25, -0.2) is 4.98 Å². The topological polar surface area (TPSA) is 58.9 Å². The van der Waals surface area contributed by atoms with Gasteiger partial charge in [0.1, 0.15) is 5.82 Å². The monoisotopic (exact) mass is 187 g/mol. The normalized spacial score (nSPS) is 10.0. The van der Waals surface area contributed by atoms with Gasteiger partial charge < -0.3 is 5.11 Å². The van der Waals surface area contributed by atoms with Crippen LogP contribution in [-0.4, -0.2) is 20.1 Å². The van der Waals surface area contributed by atoms with Gasteiger partial charge in [0.25, 0.3) is 0 Å². The molecule has 4 nitrogen and oxygen atoms in total. The zero-order chi connectivity index (χ0) is 9.80. The second-order valence-corrected chi connectivity index (χ2v) is 2.87. The van der Waals surface area contributed by atoms with Crippen LogP contribution in [0.15, 0.2) is 36.8 Å². The number of hydrogen-bond donors (Lipinski definition) is 1. The molecule has 0 spiro atoms. The maximum absolute atomic E-state index is 9.12. The van der Waals surface area contributed by atoms with E-state index in [9.17, 15) is 0 Å². The van der Waals surface area contributed by atoms with Gasteiger partial charge in [0.05, 0.1) is 0 Å². The first-order chi connectivity index (χ1) is 6.84. The van der Waals surface area contributed by atoms with E-state index in [4.69, 9.17) is 5.11 Å². The van der Waals surface area contributed by atoms with E-state index < -0.39 is 0 Å². The van der Waals surface area contributed by atoms with E-state index in [0.29, 0.717) is 12.2 Å². The molecule has 0 saturated heterocycles. The van der Waals surface area contributed by atoms with Gasteiger partial charge in [0.15, 0.2) is 0 Å². The highest BCUT2D eigenvalue weighted by Gasteiger charge is 1.99. The van der Waals surface area contributed by atoms with Crippen molar-refractivity contribution in [2.45, 2.75) is 6.42 Å². The molecule has 70 valence electrons. The van der Waals surface area contributed by atoms with Gasteiger partial charge in [0, 0.05) is 31.1 Å². The van der Waals surface area contributed by atoms with Crippen LogP contribution in [0, 0.1) is 0 Å². The van der Waals surface area contributed by atoms with Crippen LogP contribution >= 0.6 is 0 Å². The van der Waals surface area contributed by atoms with Crippen molar-refractivity contribution in [1.29, 1.82) is 0 Å². The molecule has 0 saturated carbocycles. The van der Waals surface area contributed by atoms with Gasteiger partial charge in [-0.1, -0.05) is 6.07 Å². The number of aromatic nitrogens is 3. The molecule has 2 aromatic rings. The SMILES string of the molecule is Oc1ccnc(Cc2cccnc2)n1. The van der Waals surface area contributed by atoms with Crippen LogP contribution < -0.4 is 0 Å². The van der Waals surface area contributed by atoms with Crippen LogP contribution in [-0.2, 0) is 6.42 Å². The molecule has 0 amide bonds. The molecule has 2 rings (SSSR count). The van der Waals surface area contributed by atoms with Crippen molar-refractivity contribution in [2.75, 3.05) is 0 Å². The third kappa shape index (κ3) is 2.04. The molecule has 4 heteroatoms. The Morgan fingerprint density at radius 3 is 2.86 bits per heavy atom.